The summed E-state index contributed by atoms with van der Waals surface area (Å²) in [6.45, 7) is 51.8. The van der Waals surface area contributed by atoms with E-state index in [4.69, 9.17) is 56.3 Å². The molecule has 0 bridgehead atoms. The maximum Gasteiger partial charge on any atom is 0.295 e. The van der Waals surface area contributed by atoms with E-state index in [0.717, 1.165) is 96.6 Å². The molecule has 0 spiro atoms. The Hall–Kier alpha value is -9.80. The summed E-state index contributed by atoms with van der Waals surface area (Å²) in [6, 6.07) is 18.3. The van der Waals surface area contributed by atoms with E-state index >= 15 is 0 Å². The average molecular weight is 1500 g/mol. The molecule has 0 saturated carbocycles. The largest absolute Gasteiger partial charge is 0.378 e. The number of benzene rings is 4. The third-order valence-corrected chi connectivity index (χ3v) is 21.2. The van der Waals surface area contributed by atoms with E-state index in [1.807, 2.05) is 122 Å². The van der Waals surface area contributed by atoms with Gasteiger partial charge >= 0.3 is 0 Å². The van der Waals surface area contributed by atoms with Crippen LogP contribution in [0.5, 0.6) is 0 Å². The summed E-state index contributed by atoms with van der Waals surface area (Å²) in [5.74, 6) is 2.91. The minimum atomic E-state index is -4.70. The fourth-order valence-corrected chi connectivity index (χ4v) is 16.0. The van der Waals surface area contributed by atoms with Crippen molar-refractivity contribution in [3.8, 4) is 16.3 Å². The maximum atomic E-state index is 13.1. The van der Waals surface area contributed by atoms with Crippen LogP contribution in [-0.4, -0.2) is 92.8 Å². The number of anilines is 8. The zero-order valence-electron chi connectivity index (χ0n) is 63.1. The smallest absolute Gasteiger partial charge is 0.295 e. The summed E-state index contributed by atoms with van der Waals surface area (Å²) in [5, 5.41) is 61.3. The highest BCUT2D eigenvalue weighted by Gasteiger charge is 2.33. The minimum absolute atomic E-state index is 0.123. The molecule has 0 saturated heterocycles. The van der Waals surface area contributed by atoms with Gasteiger partial charge in [-0.05, 0) is 195 Å². The molecule has 10 rings (SSSR count). The second-order valence-corrected chi connectivity index (χ2v) is 31.8. The van der Waals surface area contributed by atoms with Gasteiger partial charge in [0.15, 0.2) is 23.3 Å². The second kappa shape index (κ2) is 31.1. The van der Waals surface area contributed by atoms with Crippen molar-refractivity contribution in [3.05, 3.63) is 166 Å². The lowest BCUT2D eigenvalue weighted by molar-refractivity contribution is -0.432. The molecular formula is C74H86N20O7S4. The summed E-state index contributed by atoms with van der Waals surface area (Å²) >= 11 is 3.10. The van der Waals surface area contributed by atoms with Crippen LogP contribution in [0.25, 0.3) is 15.1 Å². The van der Waals surface area contributed by atoms with Crippen LogP contribution >= 0.6 is 35.1 Å². The van der Waals surface area contributed by atoms with E-state index in [9.17, 15) is 23.5 Å². The van der Waals surface area contributed by atoms with Crippen LogP contribution in [0.3, 0.4) is 0 Å². The molecule has 0 radical (unpaired) electrons. The molecule has 0 aliphatic carbocycles. The Morgan fingerprint density at radius 1 is 0.590 bits per heavy atom. The van der Waals surface area contributed by atoms with Gasteiger partial charge in [-0.3, -0.25) is 4.55 Å². The van der Waals surface area contributed by atoms with Crippen molar-refractivity contribution in [1.82, 2.24) is 48.2 Å². The van der Waals surface area contributed by atoms with Gasteiger partial charge in [0.05, 0.1) is 43.2 Å². The average Bonchev–Trinajstić information content (AvgIpc) is 1.62. The van der Waals surface area contributed by atoms with Gasteiger partial charge in [0.25, 0.3) is 15.8 Å². The summed E-state index contributed by atoms with van der Waals surface area (Å²) in [7, 11) is -4.70. The van der Waals surface area contributed by atoms with Crippen LogP contribution in [0.1, 0.15) is 148 Å². The lowest BCUT2D eigenvalue weighted by Crippen LogP contribution is -2.28. The Balaban J connectivity index is 1.08. The number of nitrogens with one attached hydrogen (secondary N) is 2. The van der Waals surface area contributed by atoms with Crippen molar-refractivity contribution < 1.29 is 32.3 Å². The molecule has 0 aliphatic heterocycles. The van der Waals surface area contributed by atoms with Crippen molar-refractivity contribution in [2.45, 2.75) is 173 Å². The van der Waals surface area contributed by atoms with Crippen LogP contribution in [-0.2, 0) is 35.1 Å². The molecule has 0 fully saturated rings. The lowest BCUT2D eigenvalue weighted by Gasteiger charge is -2.30. The molecule has 0 atom stereocenters. The van der Waals surface area contributed by atoms with Gasteiger partial charge in [-0.15, -0.1) is 24.8 Å². The van der Waals surface area contributed by atoms with Gasteiger partial charge in [-0.1, -0.05) is 94.1 Å². The van der Waals surface area contributed by atoms with Crippen molar-refractivity contribution in [3.63, 3.8) is 0 Å². The Morgan fingerprint density at radius 2 is 1.03 bits per heavy atom. The fraction of sp³-hybridized carbons (Fsp3) is 0.378. The molecule has 6 heterocycles. The van der Waals surface area contributed by atoms with Crippen LogP contribution in [0, 0.1) is 129 Å². The fourth-order valence-electron chi connectivity index (χ4n) is 13.3. The molecule has 0 amide bonds. The number of rotatable bonds is 24. The number of pyridine rings is 2. The second-order valence-electron chi connectivity index (χ2n) is 28.3. The highest BCUT2D eigenvalue weighted by atomic mass is 32.2. The molecule has 548 valence electrons. The Labute approximate surface area is 624 Å². The topological polar surface area (TPSA) is 323 Å². The number of hydrogen-bond acceptors (Lipinski definition) is 26. The van der Waals surface area contributed by atoms with Crippen molar-refractivity contribution in [2.24, 2.45) is 20.5 Å². The van der Waals surface area contributed by atoms with E-state index in [0.29, 0.717) is 102 Å². The predicted octanol–water partition coefficient (Wildman–Crippen LogP) is 19.5. The van der Waals surface area contributed by atoms with Crippen LogP contribution < -0.4 is 20.4 Å². The van der Waals surface area contributed by atoms with Crippen molar-refractivity contribution >= 4 is 120 Å². The highest BCUT2D eigenvalue weighted by molar-refractivity contribution is 7.94. The number of hydrogen-bond donors (Lipinski definition) is 4. The van der Waals surface area contributed by atoms with E-state index < -0.39 is 20.9 Å². The quantitative estimate of drug-likeness (QED) is 0.00830. The third-order valence-electron chi connectivity index (χ3n) is 17.5. The maximum absolute atomic E-state index is 13.1. The van der Waals surface area contributed by atoms with E-state index in [1.54, 1.807) is 33.8 Å². The summed E-state index contributed by atoms with van der Waals surface area (Å²) in [5.41, 5.74) is 14.9. The van der Waals surface area contributed by atoms with Gasteiger partial charge in [-0.2, -0.15) is 42.0 Å². The van der Waals surface area contributed by atoms with E-state index in [1.165, 1.54) is 9.36 Å². The van der Waals surface area contributed by atoms with Crippen LogP contribution in [0.15, 0.2) is 78.8 Å². The molecule has 4 N–H and O–H groups in total. The first-order valence-electron chi connectivity index (χ1n) is 33.6. The Bertz CT molecular complexity index is 5270. The molecule has 6 aromatic heterocycles. The molecular weight excluding hydrogens is 1410 g/mol. The number of azo groups is 2. The molecule has 10 aromatic rings. The molecule has 105 heavy (non-hydrogen) atoms. The zero-order chi connectivity index (χ0) is 76.6. The van der Waals surface area contributed by atoms with Gasteiger partial charge < -0.3 is 25.2 Å². The first-order chi connectivity index (χ1) is 49.4. The Morgan fingerprint density at radius 3 is 1.45 bits per heavy atom. The molecule has 31 heteroatoms. The molecule has 27 nitrogen and oxygen atoms in total. The summed E-state index contributed by atoms with van der Waals surface area (Å²) in [4.78, 5) is 28.7. The highest BCUT2D eigenvalue weighted by Crippen LogP contribution is 2.47. The lowest BCUT2D eigenvalue weighted by atomic mass is 9.90. The van der Waals surface area contributed by atoms with Gasteiger partial charge in [0.1, 0.15) is 51.2 Å². The SMILES string of the molecule is [C-]#[N+]c1c(C(C)(C)C)nn(-c2nc(C)ns2)c1N=Nc1c(C)cc(N(CCOCCN(c2cc(C)c(N=Nc3c(C#N)c(C(C)(C)C)nn3-c3nc(C)ns3)c(Nc3c(C)cc(C)c(S(=O)(=O)O)c3C)n2)c2c(C)cc(C)cc2C)c2c(C)cc(C)cc2C)nc1Nc1c(C)cc(C)c(SOOO)c1C. The number of nitrogens with zero attached hydrogens (tertiary/aromatic N) is 18. The summed E-state index contributed by atoms with van der Waals surface area (Å²) < 4.78 is 60.5. The monoisotopic (exact) mass is 1490 g/mol. The summed E-state index contributed by atoms with van der Waals surface area (Å²) in [6.07, 6.45) is 0. The number of aromatic nitrogens is 10. The zero-order valence-corrected chi connectivity index (χ0v) is 66.3. The standard InChI is InChI=1S/C74H86N20O7S4/c1-37-28-43(7)61(44(8)29-37)91(54-35-42(6)59(67(79-54)81-56-39(3)32-47(11)63(49(56)13)104-101-100-95)84-86-70-60(76-23)66(74(20,21)22)88-94(70)72-78-52(16)90-103-72)24-26-99-27-25-92(62-45(9)30-38(2)31-46(62)10)55-34-41(5)58(68(80-55)82-57-40(4)33-48(12)64(50(57)14)105(96,97)98)83-85-69-53(36-75)65(73(17,18)19)87-93(69)71-77-51(15)89-102-71/h28-35,95H,24-27H2,1-22H3,(H,79,81)(H,80,82)(H,96,97,98). The molecule has 0 unspecified atom stereocenters. The van der Waals surface area contributed by atoms with E-state index in [-0.39, 0.29) is 64.6 Å². The number of ether oxygens (including phenoxy) is 1. The predicted molar refractivity (Wildman–Crippen MR) is 413 cm³/mol. The molecule has 0 aliphatic rings. The molecule has 4 aromatic carbocycles. The van der Waals surface area contributed by atoms with Crippen molar-refractivity contribution in [1.29, 1.82) is 5.26 Å². The number of nitriles is 1. The van der Waals surface area contributed by atoms with Crippen LogP contribution in [0.4, 0.5) is 74.7 Å². The van der Waals surface area contributed by atoms with Gasteiger partial charge in [-0.25, -0.2) is 30.0 Å². The van der Waals surface area contributed by atoms with Gasteiger partial charge in [0, 0.05) is 69.2 Å². The normalized spacial score (nSPS) is 12.1. The Kier molecular flexibility index (Phi) is 23.0. The number of aryl methyl sites for hydroxylation is 14. The first-order valence-corrected chi connectivity index (χ1v) is 37.4. The van der Waals surface area contributed by atoms with E-state index in [2.05, 4.69) is 100 Å². The minimum Gasteiger partial charge on any atom is -0.378 e. The van der Waals surface area contributed by atoms with Crippen LogP contribution in [0.2, 0.25) is 0 Å². The third kappa shape index (κ3) is 16.5. The van der Waals surface area contributed by atoms with Crippen molar-refractivity contribution in [2.75, 3.05) is 46.7 Å². The van der Waals surface area contributed by atoms with Gasteiger partial charge in [0.2, 0.25) is 10.3 Å². The first kappa shape index (κ1) is 77.8.